The van der Waals surface area contributed by atoms with Crippen LogP contribution in [0.3, 0.4) is 0 Å². The number of carbonyl (C=O) groups excluding carboxylic acids is 1. The molecule has 1 aliphatic heterocycles. The number of benzene rings is 1. The molecule has 0 N–H and O–H groups in total. The highest BCUT2D eigenvalue weighted by Crippen LogP contribution is 2.17. The van der Waals surface area contributed by atoms with Crippen LogP contribution in [0.4, 0.5) is 4.79 Å². The van der Waals surface area contributed by atoms with Crippen LogP contribution in [0.5, 0.6) is 0 Å². The van der Waals surface area contributed by atoms with Crippen molar-refractivity contribution >= 4 is 22.9 Å². The van der Waals surface area contributed by atoms with Gasteiger partial charge in [-0.05, 0) is 46.1 Å². The van der Waals surface area contributed by atoms with E-state index in [1.807, 2.05) is 31.7 Å². The summed E-state index contributed by atoms with van der Waals surface area (Å²) in [5.41, 5.74) is 0.784. The molecule has 4 nitrogen and oxygen atoms in total. The van der Waals surface area contributed by atoms with E-state index in [-0.39, 0.29) is 12.1 Å². The van der Waals surface area contributed by atoms with E-state index in [4.69, 9.17) is 4.74 Å². The van der Waals surface area contributed by atoms with Crippen molar-refractivity contribution in [1.82, 2.24) is 4.90 Å². The first-order valence-electron chi connectivity index (χ1n) is 8.03. The fourth-order valence-electron chi connectivity index (χ4n) is 2.74. The molecule has 1 atom stereocenters. The van der Waals surface area contributed by atoms with E-state index in [0.29, 0.717) is 6.54 Å². The SMILES string of the molecule is CS/C(c1ccccc1)=[N+]1\CCN(C(=O)OC(C)(C)C)[C@H](C)C1. The van der Waals surface area contributed by atoms with Crippen LogP contribution in [0, 0.1) is 0 Å². The van der Waals surface area contributed by atoms with Gasteiger partial charge in [0.1, 0.15) is 5.60 Å². The van der Waals surface area contributed by atoms with Gasteiger partial charge < -0.3 is 4.74 Å². The Morgan fingerprint density at radius 1 is 1.30 bits per heavy atom. The van der Waals surface area contributed by atoms with E-state index in [1.54, 1.807) is 11.8 Å². The molecule has 1 aliphatic rings. The minimum Gasteiger partial charge on any atom is -0.444 e. The van der Waals surface area contributed by atoms with Crippen LogP contribution in [-0.2, 0) is 4.74 Å². The second-order valence-electron chi connectivity index (χ2n) is 6.84. The van der Waals surface area contributed by atoms with Crippen LogP contribution in [0.15, 0.2) is 30.3 Å². The van der Waals surface area contributed by atoms with Gasteiger partial charge in [-0.1, -0.05) is 30.0 Å². The summed E-state index contributed by atoms with van der Waals surface area (Å²) in [5.74, 6) is 0. The topological polar surface area (TPSA) is 32.5 Å². The summed E-state index contributed by atoms with van der Waals surface area (Å²) >= 11 is 1.76. The van der Waals surface area contributed by atoms with Gasteiger partial charge in [0.15, 0.2) is 13.1 Å². The molecule has 0 bridgehead atoms. The van der Waals surface area contributed by atoms with Crippen LogP contribution < -0.4 is 0 Å². The highest BCUT2D eigenvalue weighted by molar-refractivity contribution is 8.13. The van der Waals surface area contributed by atoms with Crippen LogP contribution >= 0.6 is 11.8 Å². The number of ether oxygens (including phenoxy) is 1. The molecule has 0 unspecified atom stereocenters. The number of nitrogens with zero attached hydrogens (tertiary/aromatic N) is 2. The van der Waals surface area contributed by atoms with Crippen molar-refractivity contribution in [1.29, 1.82) is 0 Å². The predicted molar refractivity (Wildman–Crippen MR) is 96.5 cm³/mol. The highest BCUT2D eigenvalue weighted by Gasteiger charge is 2.34. The molecular formula is C18H27N2O2S+. The van der Waals surface area contributed by atoms with E-state index in [0.717, 1.165) is 13.1 Å². The maximum absolute atomic E-state index is 12.3. The second kappa shape index (κ2) is 7.39. The van der Waals surface area contributed by atoms with Crippen molar-refractivity contribution in [3.8, 4) is 0 Å². The Balaban J connectivity index is 2.14. The minimum atomic E-state index is -0.450. The largest absolute Gasteiger partial charge is 0.444 e. The molecule has 0 aliphatic carbocycles. The lowest BCUT2D eigenvalue weighted by atomic mass is 10.2. The number of piperazine rings is 1. The van der Waals surface area contributed by atoms with Gasteiger partial charge in [-0.3, -0.25) is 4.90 Å². The summed E-state index contributed by atoms with van der Waals surface area (Å²) < 4.78 is 7.88. The second-order valence-corrected chi connectivity index (χ2v) is 7.64. The van der Waals surface area contributed by atoms with Gasteiger partial charge in [0.05, 0.1) is 18.2 Å². The van der Waals surface area contributed by atoms with Crippen LogP contribution in [0.1, 0.15) is 33.3 Å². The molecule has 0 radical (unpaired) electrons. The third-order valence-corrected chi connectivity index (χ3v) is 4.64. The van der Waals surface area contributed by atoms with Gasteiger partial charge in [0, 0.05) is 0 Å². The summed E-state index contributed by atoms with van der Waals surface area (Å²) in [4.78, 5) is 14.2. The molecule has 126 valence electrons. The first kappa shape index (κ1) is 17.9. The predicted octanol–water partition coefficient (Wildman–Crippen LogP) is 3.45. The molecule has 23 heavy (non-hydrogen) atoms. The Bertz CT molecular complexity index is 578. The minimum absolute atomic E-state index is 0.129. The van der Waals surface area contributed by atoms with Crippen molar-refractivity contribution in [2.45, 2.75) is 39.3 Å². The molecular weight excluding hydrogens is 308 g/mol. The van der Waals surface area contributed by atoms with Crippen molar-refractivity contribution in [2.75, 3.05) is 25.9 Å². The van der Waals surface area contributed by atoms with E-state index in [1.165, 1.54) is 10.6 Å². The third kappa shape index (κ3) is 4.74. The zero-order valence-electron chi connectivity index (χ0n) is 14.7. The molecule has 5 heteroatoms. The Labute approximate surface area is 143 Å². The van der Waals surface area contributed by atoms with E-state index in [2.05, 4.69) is 42.0 Å². The maximum atomic E-state index is 12.3. The van der Waals surface area contributed by atoms with Gasteiger partial charge in [-0.2, -0.15) is 0 Å². The number of carbonyl (C=O) groups is 1. The average molecular weight is 335 g/mol. The van der Waals surface area contributed by atoms with Crippen molar-refractivity contribution < 1.29 is 14.1 Å². The van der Waals surface area contributed by atoms with Gasteiger partial charge in [0.2, 0.25) is 5.04 Å². The number of rotatable bonds is 1. The monoisotopic (exact) mass is 335 g/mol. The molecule has 1 heterocycles. The summed E-state index contributed by atoms with van der Waals surface area (Å²) in [6.07, 6.45) is 1.89. The normalized spacial score (nSPS) is 21.1. The smallest absolute Gasteiger partial charge is 0.410 e. The lowest BCUT2D eigenvalue weighted by Gasteiger charge is -2.33. The van der Waals surface area contributed by atoms with E-state index in [9.17, 15) is 4.79 Å². The zero-order chi connectivity index (χ0) is 17.0. The maximum Gasteiger partial charge on any atom is 0.410 e. The average Bonchev–Trinajstić information content (AvgIpc) is 2.47. The molecule has 1 saturated heterocycles. The lowest BCUT2D eigenvalue weighted by Crippen LogP contribution is -2.53. The van der Waals surface area contributed by atoms with Crippen LogP contribution in [0.2, 0.25) is 0 Å². The van der Waals surface area contributed by atoms with Crippen molar-refractivity contribution in [3.05, 3.63) is 35.9 Å². The molecule has 1 aromatic rings. The van der Waals surface area contributed by atoms with Crippen molar-refractivity contribution in [2.24, 2.45) is 0 Å². The Kier molecular flexibility index (Phi) is 5.74. The van der Waals surface area contributed by atoms with Crippen LogP contribution in [-0.4, -0.2) is 58.1 Å². The first-order chi connectivity index (χ1) is 10.8. The highest BCUT2D eigenvalue weighted by atomic mass is 32.2. The van der Waals surface area contributed by atoms with E-state index < -0.39 is 5.60 Å². The van der Waals surface area contributed by atoms with Gasteiger partial charge in [-0.25, -0.2) is 9.37 Å². The van der Waals surface area contributed by atoms with Gasteiger partial charge in [-0.15, -0.1) is 0 Å². The third-order valence-electron chi connectivity index (χ3n) is 3.76. The summed E-state index contributed by atoms with van der Waals surface area (Å²) in [7, 11) is 0. The Hall–Kier alpha value is -1.49. The first-order valence-corrected chi connectivity index (χ1v) is 9.25. The zero-order valence-corrected chi connectivity index (χ0v) is 15.5. The molecule has 2 rings (SSSR count). The molecule has 0 saturated carbocycles. The number of hydrogen-bond donors (Lipinski definition) is 0. The number of hydrogen-bond acceptors (Lipinski definition) is 3. The molecule has 0 aromatic heterocycles. The molecule has 1 amide bonds. The number of amides is 1. The standard InChI is InChI=1S/C18H27N2O2S/c1-14-13-19(16(23-5)15-9-7-6-8-10-15)11-12-20(14)17(21)22-18(2,3)4/h6-10,14H,11-13H2,1-5H3/q+1/b19-16+/t14-/m1/s1. The summed E-state index contributed by atoms with van der Waals surface area (Å²) in [5, 5.41) is 1.27. The molecule has 0 spiro atoms. The fraction of sp³-hybridized carbons (Fsp3) is 0.556. The lowest BCUT2D eigenvalue weighted by molar-refractivity contribution is -0.541. The quantitative estimate of drug-likeness (QED) is 0.582. The van der Waals surface area contributed by atoms with Gasteiger partial charge >= 0.3 is 6.09 Å². The van der Waals surface area contributed by atoms with Crippen molar-refractivity contribution in [3.63, 3.8) is 0 Å². The Morgan fingerprint density at radius 3 is 2.48 bits per heavy atom. The molecule has 1 aromatic carbocycles. The fourth-order valence-corrected chi connectivity index (χ4v) is 3.54. The Morgan fingerprint density at radius 2 is 1.96 bits per heavy atom. The number of thioether (sulfide) groups is 1. The van der Waals surface area contributed by atoms with Gasteiger partial charge in [0.25, 0.3) is 0 Å². The summed E-state index contributed by atoms with van der Waals surface area (Å²) in [6, 6.07) is 10.6. The molecule has 1 fully saturated rings. The van der Waals surface area contributed by atoms with Crippen LogP contribution in [0.25, 0.3) is 0 Å². The summed E-state index contributed by atoms with van der Waals surface area (Å²) in [6.45, 7) is 10.1. The van der Waals surface area contributed by atoms with E-state index >= 15 is 0 Å².